The molecule has 0 amide bonds. The van der Waals surface area contributed by atoms with Crippen molar-refractivity contribution in [2.24, 2.45) is 5.92 Å². The minimum absolute atomic E-state index is 0. The van der Waals surface area contributed by atoms with Crippen LogP contribution in [0.2, 0.25) is 0 Å². The molecule has 0 unspecified atom stereocenters. The molecule has 0 aliphatic carbocycles. The molecule has 1 aliphatic heterocycles. The van der Waals surface area contributed by atoms with Gasteiger partial charge in [0.05, 0.1) is 13.0 Å². The van der Waals surface area contributed by atoms with Crippen molar-refractivity contribution >= 4 is 23.0 Å². The van der Waals surface area contributed by atoms with Gasteiger partial charge in [0.25, 0.3) is 0 Å². The van der Waals surface area contributed by atoms with Crippen LogP contribution in [0.15, 0.2) is 30.3 Å². The van der Waals surface area contributed by atoms with Crippen LogP contribution in [0.25, 0.3) is 0 Å². The van der Waals surface area contributed by atoms with E-state index in [1.54, 1.807) is 0 Å². The summed E-state index contributed by atoms with van der Waals surface area (Å²) < 4.78 is 4.92. The number of benzene rings is 1. The van der Waals surface area contributed by atoms with Gasteiger partial charge >= 0.3 is 5.97 Å². The van der Waals surface area contributed by atoms with Gasteiger partial charge in [-0.1, -0.05) is 30.3 Å². The van der Waals surface area contributed by atoms with Crippen LogP contribution >= 0.6 is 17.0 Å². The van der Waals surface area contributed by atoms with E-state index in [9.17, 15) is 4.79 Å². The summed E-state index contributed by atoms with van der Waals surface area (Å²) in [4.78, 5) is 14.0. The Bertz CT molecular complexity index is 383. The normalized spacial score (nSPS) is 24.1. The zero-order chi connectivity index (χ0) is 12.3. The predicted molar refractivity (Wildman–Crippen MR) is 77.1 cm³/mol. The van der Waals surface area contributed by atoms with Crippen LogP contribution in [-0.4, -0.2) is 38.1 Å². The summed E-state index contributed by atoms with van der Waals surface area (Å²) >= 11 is 0. The van der Waals surface area contributed by atoms with Crippen LogP contribution in [0, 0.1) is 5.92 Å². The van der Waals surface area contributed by atoms with Gasteiger partial charge in [0.1, 0.15) is 0 Å². The van der Waals surface area contributed by atoms with Crippen molar-refractivity contribution in [1.82, 2.24) is 4.90 Å². The molecule has 2 atom stereocenters. The largest absolute Gasteiger partial charge is 0.469 e. The second kappa shape index (κ2) is 6.90. The number of methoxy groups -OCH3 is 1. The number of carbonyl (C=O) groups is 1. The minimum Gasteiger partial charge on any atom is -0.469 e. The van der Waals surface area contributed by atoms with Gasteiger partial charge in [0, 0.05) is 6.54 Å². The Labute approximate surface area is 119 Å². The van der Waals surface area contributed by atoms with Gasteiger partial charge in [-0.3, -0.25) is 4.79 Å². The highest BCUT2D eigenvalue weighted by atomic mass is 79.9. The SMILES string of the molecule is Br.COC(=O)[C@H]1CN(C)CC[C@@H]1c1ccccc1. The van der Waals surface area contributed by atoms with E-state index < -0.39 is 0 Å². The van der Waals surface area contributed by atoms with E-state index in [-0.39, 0.29) is 28.9 Å². The minimum atomic E-state index is -0.0922. The average molecular weight is 314 g/mol. The summed E-state index contributed by atoms with van der Waals surface area (Å²) in [5.74, 6) is 0.159. The molecule has 1 aromatic carbocycles. The average Bonchev–Trinajstić information content (AvgIpc) is 2.38. The number of rotatable bonds is 2. The van der Waals surface area contributed by atoms with Crippen LogP contribution in [-0.2, 0) is 9.53 Å². The van der Waals surface area contributed by atoms with Crippen molar-refractivity contribution in [2.45, 2.75) is 12.3 Å². The molecule has 100 valence electrons. The molecule has 1 aliphatic rings. The maximum Gasteiger partial charge on any atom is 0.310 e. The summed E-state index contributed by atoms with van der Waals surface area (Å²) in [5, 5.41) is 0. The quantitative estimate of drug-likeness (QED) is 0.786. The highest BCUT2D eigenvalue weighted by Gasteiger charge is 2.34. The molecule has 0 aromatic heterocycles. The molecule has 0 saturated carbocycles. The first-order valence-corrected chi connectivity index (χ1v) is 6.03. The van der Waals surface area contributed by atoms with Gasteiger partial charge in [0.15, 0.2) is 0 Å². The Morgan fingerprint density at radius 1 is 1.33 bits per heavy atom. The maximum absolute atomic E-state index is 11.8. The van der Waals surface area contributed by atoms with Crippen molar-refractivity contribution in [1.29, 1.82) is 0 Å². The van der Waals surface area contributed by atoms with Crippen molar-refractivity contribution < 1.29 is 9.53 Å². The Morgan fingerprint density at radius 3 is 2.61 bits per heavy atom. The molecule has 1 heterocycles. The molecule has 0 bridgehead atoms. The zero-order valence-corrected chi connectivity index (χ0v) is 12.5. The first-order valence-electron chi connectivity index (χ1n) is 6.03. The standard InChI is InChI=1S/C14H19NO2.BrH/c1-15-9-8-12(11-6-4-3-5-7-11)13(10-15)14(16)17-2;/h3-7,12-13H,8-10H2,1-2H3;1H/t12-,13+;/m1./s1. The van der Waals surface area contributed by atoms with E-state index in [2.05, 4.69) is 24.1 Å². The third-order valence-corrected chi connectivity index (χ3v) is 3.55. The van der Waals surface area contributed by atoms with Crippen LogP contribution in [0.4, 0.5) is 0 Å². The third kappa shape index (κ3) is 3.33. The second-order valence-corrected chi connectivity index (χ2v) is 4.70. The monoisotopic (exact) mass is 313 g/mol. The summed E-state index contributed by atoms with van der Waals surface area (Å²) in [6.45, 7) is 1.82. The number of ether oxygens (including phenoxy) is 1. The van der Waals surface area contributed by atoms with Crippen molar-refractivity contribution in [2.75, 3.05) is 27.2 Å². The third-order valence-electron chi connectivity index (χ3n) is 3.55. The van der Waals surface area contributed by atoms with E-state index in [4.69, 9.17) is 4.74 Å². The summed E-state index contributed by atoms with van der Waals surface area (Å²) in [6, 6.07) is 10.3. The number of hydrogen-bond acceptors (Lipinski definition) is 3. The Hall–Kier alpha value is -0.870. The van der Waals surface area contributed by atoms with E-state index >= 15 is 0 Å². The fourth-order valence-corrected chi connectivity index (χ4v) is 2.60. The topological polar surface area (TPSA) is 29.5 Å². The van der Waals surface area contributed by atoms with Crippen molar-refractivity contribution in [3.63, 3.8) is 0 Å². The molecular weight excluding hydrogens is 294 g/mol. The molecule has 1 saturated heterocycles. The summed E-state index contributed by atoms with van der Waals surface area (Å²) in [6.07, 6.45) is 1.01. The molecule has 0 radical (unpaired) electrons. The highest BCUT2D eigenvalue weighted by Crippen LogP contribution is 2.33. The van der Waals surface area contributed by atoms with Gasteiger partial charge in [-0.25, -0.2) is 0 Å². The molecule has 4 heteroatoms. The number of halogens is 1. The van der Waals surface area contributed by atoms with E-state index in [0.717, 1.165) is 19.5 Å². The first kappa shape index (κ1) is 15.2. The van der Waals surface area contributed by atoms with Gasteiger partial charge in [-0.05, 0) is 31.5 Å². The van der Waals surface area contributed by atoms with Crippen LogP contribution < -0.4 is 0 Å². The number of hydrogen-bond donors (Lipinski definition) is 0. The lowest BCUT2D eigenvalue weighted by molar-refractivity contribution is -0.148. The van der Waals surface area contributed by atoms with Crippen LogP contribution in [0.5, 0.6) is 0 Å². The van der Waals surface area contributed by atoms with Gasteiger partial charge in [0.2, 0.25) is 0 Å². The smallest absolute Gasteiger partial charge is 0.310 e. The number of nitrogens with zero attached hydrogens (tertiary/aromatic N) is 1. The lowest BCUT2D eigenvalue weighted by atomic mass is 9.80. The Kier molecular flexibility index (Phi) is 5.82. The molecular formula is C14H20BrNO2. The molecule has 0 N–H and O–H groups in total. The molecule has 3 nitrogen and oxygen atoms in total. The molecule has 1 aromatic rings. The van der Waals surface area contributed by atoms with Crippen molar-refractivity contribution in [3.05, 3.63) is 35.9 Å². The molecule has 18 heavy (non-hydrogen) atoms. The fraction of sp³-hybridized carbons (Fsp3) is 0.500. The number of likely N-dealkylation sites (tertiary alicyclic amines) is 1. The first-order chi connectivity index (χ1) is 8.22. The fourth-order valence-electron chi connectivity index (χ4n) is 2.60. The zero-order valence-electron chi connectivity index (χ0n) is 10.8. The highest BCUT2D eigenvalue weighted by molar-refractivity contribution is 8.93. The Balaban J connectivity index is 0.00000162. The summed E-state index contributed by atoms with van der Waals surface area (Å²) in [5.41, 5.74) is 1.25. The number of piperidine rings is 1. The van der Waals surface area contributed by atoms with Gasteiger partial charge < -0.3 is 9.64 Å². The summed E-state index contributed by atoms with van der Waals surface area (Å²) in [7, 11) is 3.52. The Morgan fingerprint density at radius 2 is 2.00 bits per heavy atom. The van der Waals surface area contributed by atoms with Crippen molar-refractivity contribution in [3.8, 4) is 0 Å². The molecule has 2 rings (SSSR count). The van der Waals surface area contributed by atoms with E-state index in [1.807, 2.05) is 18.2 Å². The van der Waals surface area contributed by atoms with Gasteiger partial charge in [-0.2, -0.15) is 0 Å². The second-order valence-electron chi connectivity index (χ2n) is 4.70. The van der Waals surface area contributed by atoms with E-state index in [0.29, 0.717) is 5.92 Å². The van der Waals surface area contributed by atoms with E-state index in [1.165, 1.54) is 12.7 Å². The molecule has 0 spiro atoms. The number of carbonyl (C=O) groups excluding carboxylic acids is 1. The number of esters is 1. The van der Waals surface area contributed by atoms with Crippen LogP contribution in [0.3, 0.4) is 0 Å². The maximum atomic E-state index is 11.8. The predicted octanol–water partition coefficient (Wildman–Crippen LogP) is 2.47. The molecule has 1 fully saturated rings. The van der Waals surface area contributed by atoms with Gasteiger partial charge in [-0.15, -0.1) is 17.0 Å². The lowest BCUT2D eigenvalue weighted by Gasteiger charge is -2.35. The lowest BCUT2D eigenvalue weighted by Crippen LogP contribution is -2.41. The van der Waals surface area contributed by atoms with Crippen LogP contribution in [0.1, 0.15) is 17.9 Å².